The van der Waals surface area contributed by atoms with Crippen molar-refractivity contribution in [1.29, 1.82) is 0 Å². The van der Waals surface area contributed by atoms with Gasteiger partial charge in [0.05, 0.1) is 6.54 Å². The Balaban J connectivity index is 2.12. The van der Waals surface area contributed by atoms with Crippen LogP contribution in [0.25, 0.3) is 0 Å². The minimum Gasteiger partial charge on any atom is -0.308 e. The van der Waals surface area contributed by atoms with Gasteiger partial charge in [-0.1, -0.05) is 6.92 Å². The number of hydrogen-bond acceptors (Lipinski definition) is 5. The predicted octanol–water partition coefficient (Wildman–Crippen LogP) is 0.652. The Morgan fingerprint density at radius 3 is 2.72 bits per heavy atom. The number of anilines is 1. The molecule has 0 bridgehead atoms. The Hall–Kier alpha value is -1.95. The molecule has 2 rings (SSSR count). The van der Waals surface area contributed by atoms with Gasteiger partial charge in [0.1, 0.15) is 5.82 Å². The van der Waals surface area contributed by atoms with Crippen LogP contribution in [0.1, 0.15) is 25.3 Å². The molecule has 0 spiro atoms. The summed E-state index contributed by atoms with van der Waals surface area (Å²) in [6.07, 6.45) is 2.45. The van der Waals surface area contributed by atoms with Crippen molar-refractivity contribution in [3.63, 3.8) is 0 Å². The van der Waals surface area contributed by atoms with Gasteiger partial charge >= 0.3 is 0 Å². The Kier molecular flexibility index (Phi) is 3.57. The van der Waals surface area contributed by atoms with E-state index in [-0.39, 0.29) is 24.3 Å². The average Bonchev–Trinajstić information content (AvgIpc) is 2.34. The van der Waals surface area contributed by atoms with Gasteiger partial charge in [-0.25, -0.2) is 10.8 Å². The molecule has 2 heterocycles. The van der Waals surface area contributed by atoms with E-state index in [1.807, 2.05) is 6.92 Å². The number of imide groups is 1. The highest BCUT2D eigenvalue weighted by Crippen LogP contribution is 2.21. The number of amides is 2. The molecule has 0 aliphatic carbocycles. The lowest BCUT2D eigenvalue weighted by Gasteiger charge is -2.28. The number of nitrogens with two attached hydrogens (primary N) is 1. The van der Waals surface area contributed by atoms with E-state index >= 15 is 0 Å². The van der Waals surface area contributed by atoms with Crippen molar-refractivity contribution in [3.8, 4) is 0 Å². The van der Waals surface area contributed by atoms with Crippen molar-refractivity contribution in [2.24, 2.45) is 11.8 Å². The number of pyridine rings is 1. The lowest BCUT2D eigenvalue weighted by molar-refractivity contribution is -0.150. The SMILES string of the molecule is CC1CC(=O)N(Cc2ccnc(NN)c2)C(=O)C1. The molecule has 1 saturated heterocycles. The molecule has 3 N–H and O–H groups in total. The van der Waals surface area contributed by atoms with E-state index in [9.17, 15) is 9.59 Å². The quantitative estimate of drug-likeness (QED) is 0.466. The van der Waals surface area contributed by atoms with Crippen molar-refractivity contribution < 1.29 is 9.59 Å². The van der Waals surface area contributed by atoms with Crippen LogP contribution in [-0.4, -0.2) is 21.7 Å². The normalized spacial score (nSPS) is 17.1. The number of rotatable bonds is 3. The van der Waals surface area contributed by atoms with Gasteiger partial charge in [0.25, 0.3) is 0 Å². The number of nitrogens with zero attached hydrogens (tertiary/aromatic N) is 2. The van der Waals surface area contributed by atoms with Crippen LogP contribution in [0.15, 0.2) is 18.3 Å². The highest BCUT2D eigenvalue weighted by atomic mass is 16.2. The Labute approximate surface area is 105 Å². The third kappa shape index (κ3) is 2.65. The molecule has 0 radical (unpaired) electrons. The number of piperidine rings is 1. The van der Waals surface area contributed by atoms with Crippen molar-refractivity contribution in [2.75, 3.05) is 5.43 Å². The van der Waals surface area contributed by atoms with Crippen LogP contribution in [-0.2, 0) is 16.1 Å². The highest BCUT2D eigenvalue weighted by molar-refractivity contribution is 5.97. The van der Waals surface area contributed by atoms with Crippen LogP contribution in [0.3, 0.4) is 0 Å². The summed E-state index contributed by atoms with van der Waals surface area (Å²) in [5.74, 6) is 5.69. The van der Waals surface area contributed by atoms with Gasteiger partial charge in [-0.3, -0.25) is 14.5 Å². The van der Waals surface area contributed by atoms with E-state index in [1.165, 1.54) is 4.90 Å². The number of nitrogen functional groups attached to an aromatic ring is 1. The molecule has 2 amide bonds. The molecule has 1 fully saturated rings. The zero-order valence-electron chi connectivity index (χ0n) is 10.2. The maximum absolute atomic E-state index is 11.8. The molecule has 96 valence electrons. The molecule has 6 heteroatoms. The molecule has 0 unspecified atom stereocenters. The zero-order valence-corrected chi connectivity index (χ0v) is 10.2. The number of carbonyl (C=O) groups is 2. The predicted molar refractivity (Wildman–Crippen MR) is 66.0 cm³/mol. The van der Waals surface area contributed by atoms with Gasteiger partial charge in [-0.2, -0.15) is 0 Å². The van der Waals surface area contributed by atoms with E-state index < -0.39 is 0 Å². The molecule has 0 atom stereocenters. The second kappa shape index (κ2) is 5.14. The van der Waals surface area contributed by atoms with Crippen molar-refractivity contribution in [3.05, 3.63) is 23.9 Å². The molecule has 1 aliphatic heterocycles. The second-order valence-corrected chi connectivity index (χ2v) is 4.58. The number of aromatic nitrogens is 1. The largest absolute Gasteiger partial charge is 0.308 e. The lowest BCUT2D eigenvalue weighted by atomic mass is 9.97. The van der Waals surface area contributed by atoms with Crippen molar-refractivity contribution >= 4 is 17.6 Å². The number of hydrazine groups is 1. The summed E-state index contributed by atoms with van der Waals surface area (Å²) in [5.41, 5.74) is 3.26. The third-order valence-electron chi connectivity index (χ3n) is 2.96. The number of carbonyl (C=O) groups excluding carboxylic acids is 2. The monoisotopic (exact) mass is 248 g/mol. The molecular weight excluding hydrogens is 232 g/mol. The standard InChI is InChI=1S/C12H16N4O2/c1-8-4-11(17)16(12(18)5-8)7-9-2-3-14-10(6-9)15-13/h2-3,6,8H,4-5,7,13H2,1H3,(H,14,15). The van der Waals surface area contributed by atoms with Gasteiger partial charge in [-0.15, -0.1) is 0 Å². The molecular formula is C12H16N4O2. The van der Waals surface area contributed by atoms with Crippen LogP contribution >= 0.6 is 0 Å². The van der Waals surface area contributed by atoms with Crippen LogP contribution < -0.4 is 11.3 Å². The number of likely N-dealkylation sites (tertiary alicyclic amines) is 1. The molecule has 18 heavy (non-hydrogen) atoms. The molecule has 1 aliphatic rings. The van der Waals surface area contributed by atoms with E-state index in [0.717, 1.165) is 5.56 Å². The van der Waals surface area contributed by atoms with Gasteiger partial charge < -0.3 is 5.43 Å². The first-order valence-corrected chi connectivity index (χ1v) is 5.85. The fourth-order valence-electron chi connectivity index (χ4n) is 2.04. The van der Waals surface area contributed by atoms with Crippen LogP contribution in [0.5, 0.6) is 0 Å². The van der Waals surface area contributed by atoms with Crippen LogP contribution in [0.4, 0.5) is 5.82 Å². The third-order valence-corrected chi connectivity index (χ3v) is 2.96. The summed E-state index contributed by atoms with van der Waals surface area (Å²) >= 11 is 0. The minimum absolute atomic E-state index is 0.113. The van der Waals surface area contributed by atoms with E-state index in [0.29, 0.717) is 18.7 Å². The summed E-state index contributed by atoms with van der Waals surface area (Å²) in [7, 11) is 0. The van der Waals surface area contributed by atoms with E-state index in [1.54, 1.807) is 18.3 Å². The Morgan fingerprint density at radius 2 is 2.11 bits per heavy atom. The van der Waals surface area contributed by atoms with Gasteiger partial charge in [0.15, 0.2) is 0 Å². The first-order valence-electron chi connectivity index (χ1n) is 5.85. The van der Waals surface area contributed by atoms with Gasteiger partial charge in [-0.05, 0) is 23.6 Å². The molecule has 1 aromatic heterocycles. The summed E-state index contributed by atoms with van der Waals surface area (Å²) in [6, 6.07) is 3.48. The minimum atomic E-state index is -0.113. The Morgan fingerprint density at radius 1 is 1.44 bits per heavy atom. The summed E-state index contributed by atoms with van der Waals surface area (Å²) in [5, 5.41) is 0. The maximum atomic E-state index is 11.8. The summed E-state index contributed by atoms with van der Waals surface area (Å²) < 4.78 is 0. The summed E-state index contributed by atoms with van der Waals surface area (Å²) in [4.78, 5) is 28.9. The highest BCUT2D eigenvalue weighted by Gasteiger charge is 2.30. The van der Waals surface area contributed by atoms with E-state index in [2.05, 4.69) is 10.4 Å². The first kappa shape index (κ1) is 12.5. The molecule has 1 aromatic rings. The zero-order chi connectivity index (χ0) is 13.1. The maximum Gasteiger partial charge on any atom is 0.229 e. The van der Waals surface area contributed by atoms with E-state index in [4.69, 9.17) is 5.84 Å². The molecule has 0 aromatic carbocycles. The number of nitrogens with one attached hydrogen (secondary N) is 1. The van der Waals surface area contributed by atoms with Crippen LogP contribution in [0, 0.1) is 5.92 Å². The topological polar surface area (TPSA) is 88.3 Å². The number of hydrogen-bond donors (Lipinski definition) is 2. The molecule has 6 nitrogen and oxygen atoms in total. The molecule has 0 saturated carbocycles. The second-order valence-electron chi connectivity index (χ2n) is 4.58. The van der Waals surface area contributed by atoms with Crippen molar-refractivity contribution in [1.82, 2.24) is 9.88 Å². The Bertz CT molecular complexity index is 457. The van der Waals surface area contributed by atoms with Gasteiger partial charge in [0, 0.05) is 19.0 Å². The average molecular weight is 248 g/mol. The fourth-order valence-corrected chi connectivity index (χ4v) is 2.04. The fraction of sp³-hybridized carbons (Fsp3) is 0.417. The van der Waals surface area contributed by atoms with Gasteiger partial charge in [0.2, 0.25) is 11.8 Å². The first-order chi connectivity index (χ1) is 8.60. The lowest BCUT2D eigenvalue weighted by Crippen LogP contribution is -2.42. The van der Waals surface area contributed by atoms with Crippen molar-refractivity contribution in [2.45, 2.75) is 26.3 Å². The van der Waals surface area contributed by atoms with Crippen LogP contribution in [0.2, 0.25) is 0 Å². The smallest absolute Gasteiger partial charge is 0.229 e. The summed E-state index contributed by atoms with van der Waals surface area (Å²) in [6.45, 7) is 2.19.